The number of ether oxygens (including phenoxy) is 4. The molecule has 180 valence electrons. The molecule has 1 unspecified atom stereocenters. The van der Waals surface area contributed by atoms with E-state index in [9.17, 15) is 40.9 Å². The second-order valence-corrected chi connectivity index (χ2v) is 7.59. The van der Waals surface area contributed by atoms with E-state index in [0.717, 1.165) is 7.11 Å². The normalized spacial score (nSPS) is 43.2. The van der Waals surface area contributed by atoms with Crippen molar-refractivity contribution in [3.63, 3.8) is 0 Å². The number of hydrogen-bond acceptors (Lipinski definition) is 12. The molecule has 2 fully saturated rings. The predicted octanol–water partition coefficient (Wildman–Crippen LogP) is -2.82. The van der Waals surface area contributed by atoms with Crippen LogP contribution in [0.25, 0.3) is 6.08 Å². The summed E-state index contributed by atoms with van der Waals surface area (Å²) in [4.78, 5) is 0. The Labute approximate surface area is 183 Å². The number of benzene rings is 1. The van der Waals surface area contributed by atoms with Crippen LogP contribution in [-0.2, 0) is 18.9 Å². The van der Waals surface area contributed by atoms with Crippen LogP contribution in [0.2, 0.25) is 0 Å². The molecule has 0 bridgehead atoms. The van der Waals surface area contributed by atoms with Gasteiger partial charge < -0.3 is 59.8 Å². The van der Waals surface area contributed by atoms with Crippen molar-refractivity contribution < 1.29 is 59.8 Å². The Balaban J connectivity index is 1.81. The summed E-state index contributed by atoms with van der Waals surface area (Å²) >= 11 is 0. The van der Waals surface area contributed by atoms with Crippen LogP contribution in [0.1, 0.15) is 5.56 Å². The quantitative estimate of drug-likeness (QED) is 0.160. The molecule has 2 aliphatic heterocycles. The molecule has 2 aliphatic rings. The van der Waals surface area contributed by atoms with Crippen LogP contribution in [0.3, 0.4) is 0 Å². The van der Waals surface area contributed by atoms with E-state index in [4.69, 9.17) is 14.2 Å². The highest BCUT2D eigenvalue weighted by atomic mass is 16.8. The Bertz CT molecular complexity index is 773. The zero-order valence-corrected chi connectivity index (χ0v) is 17.1. The molecule has 8 N–H and O–H groups in total. The van der Waals surface area contributed by atoms with Crippen molar-refractivity contribution in [3.05, 3.63) is 41.7 Å². The molecule has 12 heteroatoms. The Kier molecular flexibility index (Phi) is 7.85. The molecule has 0 amide bonds. The van der Waals surface area contributed by atoms with Crippen molar-refractivity contribution in [2.24, 2.45) is 0 Å². The summed E-state index contributed by atoms with van der Waals surface area (Å²) in [6.07, 6.45) is -14.3. The van der Waals surface area contributed by atoms with Crippen LogP contribution in [-0.4, -0.2) is 116 Å². The van der Waals surface area contributed by atoms with E-state index < -0.39 is 73.5 Å². The first-order valence-corrected chi connectivity index (χ1v) is 9.86. The summed E-state index contributed by atoms with van der Waals surface area (Å²) in [6, 6.07) is 8.54. The lowest BCUT2D eigenvalue weighted by atomic mass is 9.95. The highest BCUT2D eigenvalue weighted by Gasteiger charge is 2.56. The van der Waals surface area contributed by atoms with Crippen molar-refractivity contribution in [3.8, 4) is 0 Å². The number of hydrogen-bond donors (Lipinski definition) is 8. The van der Waals surface area contributed by atoms with E-state index in [1.54, 1.807) is 30.3 Å². The highest BCUT2D eigenvalue weighted by molar-refractivity contribution is 5.51. The predicted molar refractivity (Wildman–Crippen MR) is 105 cm³/mol. The lowest BCUT2D eigenvalue weighted by Gasteiger charge is -2.48. The Morgan fingerprint density at radius 2 is 1.69 bits per heavy atom. The van der Waals surface area contributed by atoms with E-state index in [2.05, 4.69) is 4.74 Å². The SMILES string of the molecule is COC1(O)O[C@H](CO)[C@@H](O[C@@H]2O[C@H](C(O)=Cc3ccccc3)[C@H](O)[C@H](O)[C@H]2O)[C@H](O)[C@H]1O. The van der Waals surface area contributed by atoms with Crippen LogP contribution in [0, 0.1) is 0 Å². The van der Waals surface area contributed by atoms with E-state index in [-0.39, 0.29) is 0 Å². The molecule has 2 heterocycles. The molecule has 1 aromatic rings. The third-order valence-electron chi connectivity index (χ3n) is 5.46. The largest absolute Gasteiger partial charge is 0.509 e. The molecule has 3 rings (SSSR count). The van der Waals surface area contributed by atoms with Crippen LogP contribution >= 0.6 is 0 Å². The standard InChI is InChI=1S/C20H28O12/c1-29-20(28)18(27)15(26)17(11(8-21)32-20)31-19-14(25)12(23)13(24)16(30-19)10(22)7-9-5-3-2-4-6-9/h2-7,11-19,21-28H,8H2,1H3/t11-,12+,13-,14-,15+,16-,17-,18-,19+,20?/m1/s1. The van der Waals surface area contributed by atoms with Crippen molar-refractivity contribution in [1.29, 1.82) is 0 Å². The maximum absolute atomic E-state index is 10.4. The fraction of sp³-hybridized carbons (Fsp3) is 0.600. The summed E-state index contributed by atoms with van der Waals surface area (Å²) in [5.41, 5.74) is 0.567. The van der Waals surface area contributed by atoms with Gasteiger partial charge in [0.2, 0.25) is 0 Å². The third-order valence-corrected chi connectivity index (χ3v) is 5.46. The molecular formula is C20H28O12. The maximum atomic E-state index is 10.4. The number of methoxy groups -OCH3 is 1. The minimum Gasteiger partial charge on any atom is -0.509 e. The van der Waals surface area contributed by atoms with Gasteiger partial charge in [-0.2, -0.15) is 0 Å². The molecular weight excluding hydrogens is 432 g/mol. The molecule has 0 saturated carbocycles. The molecule has 2 saturated heterocycles. The van der Waals surface area contributed by atoms with Gasteiger partial charge in [0, 0.05) is 7.11 Å². The lowest BCUT2D eigenvalue weighted by molar-refractivity contribution is -0.452. The van der Waals surface area contributed by atoms with Gasteiger partial charge in [0.05, 0.1) is 6.61 Å². The van der Waals surface area contributed by atoms with Crippen LogP contribution < -0.4 is 0 Å². The molecule has 0 aromatic heterocycles. The molecule has 12 nitrogen and oxygen atoms in total. The van der Waals surface area contributed by atoms with E-state index >= 15 is 0 Å². The average molecular weight is 460 g/mol. The first-order valence-electron chi connectivity index (χ1n) is 9.86. The summed E-state index contributed by atoms with van der Waals surface area (Å²) in [5.74, 6) is -3.11. The van der Waals surface area contributed by atoms with Gasteiger partial charge >= 0.3 is 5.97 Å². The van der Waals surface area contributed by atoms with Crippen LogP contribution in [0.5, 0.6) is 0 Å². The highest BCUT2D eigenvalue weighted by Crippen LogP contribution is 2.34. The van der Waals surface area contributed by atoms with E-state index in [0.29, 0.717) is 5.56 Å². The van der Waals surface area contributed by atoms with E-state index in [1.807, 2.05) is 0 Å². The third kappa shape index (κ3) is 4.81. The Morgan fingerprint density at radius 1 is 1.03 bits per heavy atom. The van der Waals surface area contributed by atoms with E-state index in [1.165, 1.54) is 6.08 Å². The van der Waals surface area contributed by atoms with Crippen molar-refractivity contribution in [1.82, 2.24) is 0 Å². The average Bonchev–Trinajstić information content (AvgIpc) is 2.79. The summed E-state index contributed by atoms with van der Waals surface area (Å²) < 4.78 is 20.7. The zero-order valence-electron chi connectivity index (χ0n) is 17.1. The fourth-order valence-electron chi connectivity index (χ4n) is 3.61. The number of rotatable bonds is 6. The summed E-state index contributed by atoms with van der Waals surface area (Å²) in [7, 11) is 1.00. The first-order chi connectivity index (χ1) is 15.1. The number of aliphatic hydroxyl groups is 8. The molecule has 32 heavy (non-hydrogen) atoms. The topological polar surface area (TPSA) is 199 Å². The summed E-state index contributed by atoms with van der Waals surface area (Å²) in [5, 5.41) is 81.5. The molecule has 0 spiro atoms. The molecule has 0 aliphatic carbocycles. The Hall–Kier alpha value is -1.68. The van der Waals surface area contributed by atoms with Gasteiger partial charge in [0.25, 0.3) is 0 Å². The first kappa shape index (κ1) is 25.0. The van der Waals surface area contributed by atoms with Gasteiger partial charge in [-0.05, 0) is 11.6 Å². The molecule has 1 aromatic carbocycles. The van der Waals surface area contributed by atoms with Crippen molar-refractivity contribution >= 4 is 6.08 Å². The fourth-order valence-corrected chi connectivity index (χ4v) is 3.61. The summed E-state index contributed by atoms with van der Waals surface area (Å²) in [6.45, 7) is -0.795. The second kappa shape index (κ2) is 10.1. The maximum Gasteiger partial charge on any atom is 0.311 e. The number of aliphatic hydroxyl groups excluding tert-OH is 7. The van der Waals surface area contributed by atoms with Gasteiger partial charge in [0.15, 0.2) is 12.4 Å². The van der Waals surface area contributed by atoms with Gasteiger partial charge in [-0.1, -0.05) is 30.3 Å². The van der Waals surface area contributed by atoms with Gasteiger partial charge in [0.1, 0.15) is 48.5 Å². The van der Waals surface area contributed by atoms with Crippen LogP contribution in [0.15, 0.2) is 36.1 Å². The van der Waals surface area contributed by atoms with Gasteiger partial charge in [-0.3, -0.25) is 0 Å². The monoisotopic (exact) mass is 460 g/mol. The smallest absolute Gasteiger partial charge is 0.311 e. The zero-order chi connectivity index (χ0) is 23.6. The minimum atomic E-state index is -2.63. The Morgan fingerprint density at radius 3 is 2.28 bits per heavy atom. The van der Waals surface area contributed by atoms with Gasteiger partial charge in [-0.25, -0.2) is 0 Å². The lowest BCUT2D eigenvalue weighted by Crippen LogP contribution is -2.68. The minimum absolute atomic E-state index is 0.476. The van der Waals surface area contributed by atoms with Crippen molar-refractivity contribution in [2.45, 2.75) is 61.1 Å². The molecule has 0 radical (unpaired) electrons. The second-order valence-electron chi connectivity index (χ2n) is 7.59. The van der Waals surface area contributed by atoms with Gasteiger partial charge in [-0.15, -0.1) is 0 Å². The van der Waals surface area contributed by atoms with Crippen LogP contribution in [0.4, 0.5) is 0 Å². The van der Waals surface area contributed by atoms with Crippen molar-refractivity contribution in [2.75, 3.05) is 13.7 Å². The molecule has 10 atom stereocenters.